The first-order valence-corrected chi connectivity index (χ1v) is 11.1. The summed E-state index contributed by atoms with van der Waals surface area (Å²) in [4.78, 5) is 43.9. The van der Waals surface area contributed by atoms with Crippen molar-refractivity contribution in [2.45, 2.75) is 25.4 Å². The van der Waals surface area contributed by atoms with Crippen molar-refractivity contribution in [2.75, 3.05) is 18.6 Å². The van der Waals surface area contributed by atoms with Crippen molar-refractivity contribution in [3.05, 3.63) is 80.5 Å². The van der Waals surface area contributed by atoms with Crippen LogP contribution >= 0.6 is 11.8 Å². The fourth-order valence-electron chi connectivity index (χ4n) is 3.95. The van der Waals surface area contributed by atoms with E-state index in [1.165, 1.54) is 5.56 Å². The van der Waals surface area contributed by atoms with Crippen molar-refractivity contribution in [2.24, 2.45) is 0 Å². The normalized spacial score (nSPS) is 14.6. The third kappa shape index (κ3) is 3.74. The molecule has 29 heavy (non-hydrogen) atoms. The lowest BCUT2D eigenvalue weighted by Gasteiger charge is -2.32. The molecule has 7 heteroatoms. The number of hydrogen-bond donors (Lipinski definition) is 1. The number of rotatable bonds is 5. The molecule has 1 aromatic heterocycles. The van der Waals surface area contributed by atoms with Crippen molar-refractivity contribution in [1.29, 1.82) is 0 Å². The van der Waals surface area contributed by atoms with Gasteiger partial charge in [-0.15, -0.1) is 0 Å². The number of aromatic amines is 1. The Morgan fingerprint density at radius 2 is 1.83 bits per heavy atom. The van der Waals surface area contributed by atoms with Crippen LogP contribution in [0, 0.1) is 0 Å². The van der Waals surface area contributed by atoms with Gasteiger partial charge in [-0.25, -0.2) is 9.36 Å². The van der Waals surface area contributed by atoms with E-state index in [1.807, 2.05) is 24.5 Å². The highest BCUT2D eigenvalue weighted by Gasteiger charge is 2.30. The van der Waals surface area contributed by atoms with Gasteiger partial charge in [0.15, 0.2) is 0 Å². The maximum absolute atomic E-state index is 13.5. The number of H-pyrrole nitrogens is 1. The summed E-state index contributed by atoms with van der Waals surface area (Å²) in [7, 11) is 0. The number of carbonyl (C=O) groups is 1. The zero-order valence-electron chi connectivity index (χ0n) is 16.3. The average molecular weight is 410 g/mol. The summed E-state index contributed by atoms with van der Waals surface area (Å²) in [5, 5.41) is 0.415. The van der Waals surface area contributed by atoms with Crippen LogP contribution < -0.4 is 11.2 Å². The van der Waals surface area contributed by atoms with Crippen LogP contribution in [0.5, 0.6) is 0 Å². The molecule has 1 atom stereocenters. The molecule has 4 rings (SSSR count). The molecule has 1 aliphatic heterocycles. The van der Waals surface area contributed by atoms with Crippen LogP contribution in [0.3, 0.4) is 0 Å². The van der Waals surface area contributed by atoms with Gasteiger partial charge in [-0.05, 0) is 48.1 Å². The molecule has 6 nitrogen and oxygen atoms in total. The number of carbonyl (C=O) groups excluding carboxylic acids is 1. The summed E-state index contributed by atoms with van der Waals surface area (Å²) in [6, 6.07) is 14.2. The Bertz CT molecular complexity index is 1170. The predicted octanol–water partition coefficient (Wildman–Crippen LogP) is 2.57. The van der Waals surface area contributed by atoms with Crippen LogP contribution in [-0.4, -0.2) is 38.9 Å². The number of benzene rings is 2. The van der Waals surface area contributed by atoms with Crippen molar-refractivity contribution >= 4 is 28.6 Å². The Kier molecular flexibility index (Phi) is 5.58. The van der Waals surface area contributed by atoms with E-state index in [4.69, 9.17) is 0 Å². The molecule has 2 heterocycles. The fraction of sp³-hybridized carbons (Fsp3) is 0.318. The van der Waals surface area contributed by atoms with E-state index in [1.54, 1.807) is 40.9 Å². The van der Waals surface area contributed by atoms with Crippen LogP contribution in [-0.2, 0) is 17.8 Å². The largest absolute Gasteiger partial charge is 0.336 e. The van der Waals surface area contributed by atoms with Gasteiger partial charge in [-0.3, -0.25) is 9.59 Å². The van der Waals surface area contributed by atoms with E-state index in [9.17, 15) is 14.4 Å². The van der Waals surface area contributed by atoms with E-state index < -0.39 is 17.3 Å². The summed E-state index contributed by atoms with van der Waals surface area (Å²) in [6.07, 6.45) is 3.16. The number of nitrogens with zero attached hydrogens (tertiary/aromatic N) is 2. The van der Waals surface area contributed by atoms with Crippen molar-refractivity contribution in [3.8, 4) is 0 Å². The quantitative estimate of drug-likeness (QED) is 0.703. The highest BCUT2D eigenvalue weighted by Crippen LogP contribution is 2.23. The number of nitrogens with one attached hydrogen (secondary N) is 1. The number of thioether (sulfide) groups is 1. The average Bonchev–Trinajstić information content (AvgIpc) is 2.75. The van der Waals surface area contributed by atoms with Crippen LogP contribution in [0.1, 0.15) is 23.6 Å². The van der Waals surface area contributed by atoms with Gasteiger partial charge in [0.1, 0.15) is 6.04 Å². The summed E-state index contributed by atoms with van der Waals surface area (Å²) in [6.45, 7) is 1.09. The SMILES string of the molecule is CSCC[C@@H](C(=O)N1CCc2ccccc2C1)n1c(=O)[nH]c2ccccc2c1=O. The van der Waals surface area contributed by atoms with Gasteiger partial charge in [0.05, 0.1) is 10.9 Å². The first kappa shape index (κ1) is 19.5. The van der Waals surface area contributed by atoms with E-state index in [0.717, 1.165) is 16.6 Å². The monoisotopic (exact) mass is 409 g/mol. The molecular formula is C22H23N3O3S. The third-order valence-corrected chi connectivity index (χ3v) is 6.12. The molecule has 1 amide bonds. The van der Waals surface area contributed by atoms with Crippen LogP contribution in [0.2, 0.25) is 0 Å². The highest BCUT2D eigenvalue weighted by molar-refractivity contribution is 7.98. The van der Waals surface area contributed by atoms with Crippen LogP contribution in [0.15, 0.2) is 58.1 Å². The number of para-hydroxylation sites is 1. The predicted molar refractivity (Wildman–Crippen MR) is 116 cm³/mol. The Hall–Kier alpha value is -2.80. The van der Waals surface area contributed by atoms with Crippen LogP contribution in [0.4, 0.5) is 0 Å². The van der Waals surface area contributed by atoms with Gasteiger partial charge in [0.25, 0.3) is 5.56 Å². The first-order chi connectivity index (χ1) is 14.1. The van der Waals surface area contributed by atoms with Gasteiger partial charge < -0.3 is 9.88 Å². The van der Waals surface area contributed by atoms with Crippen molar-refractivity contribution < 1.29 is 4.79 Å². The fourth-order valence-corrected chi connectivity index (χ4v) is 4.41. The standard InChI is InChI=1S/C22H23N3O3S/c1-29-13-11-19(21(27)24-12-10-15-6-2-3-7-16(15)14-24)25-20(26)17-8-4-5-9-18(17)23-22(25)28/h2-9,19H,10-14H2,1H3,(H,23,28)/t19-/m0/s1. The maximum atomic E-state index is 13.5. The van der Waals surface area contributed by atoms with Gasteiger partial charge in [0, 0.05) is 13.1 Å². The number of hydrogen-bond acceptors (Lipinski definition) is 4. The zero-order valence-corrected chi connectivity index (χ0v) is 17.1. The lowest BCUT2D eigenvalue weighted by molar-refractivity contribution is -0.136. The minimum absolute atomic E-state index is 0.170. The van der Waals surface area contributed by atoms with E-state index in [2.05, 4.69) is 11.1 Å². The molecule has 0 radical (unpaired) electrons. The Morgan fingerprint density at radius 3 is 2.62 bits per heavy atom. The molecule has 150 valence electrons. The number of amides is 1. The molecule has 0 saturated heterocycles. The Morgan fingerprint density at radius 1 is 1.10 bits per heavy atom. The molecular weight excluding hydrogens is 386 g/mol. The summed E-state index contributed by atoms with van der Waals surface area (Å²) >= 11 is 1.59. The minimum Gasteiger partial charge on any atom is -0.336 e. The topological polar surface area (TPSA) is 75.2 Å². The second-order valence-electron chi connectivity index (χ2n) is 7.23. The second-order valence-corrected chi connectivity index (χ2v) is 8.21. The van der Waals surface area contributed by atoms with E-state index >= 15 is 0 Å². The molecule has 0 unspecified atom stereocenters. The third-order valence-electron chi connectivity index (χ3n) is 5.47. The summed E-state index contributed by atoms with van der Waals surface area (Å²) in [5.41, 5.74) is 1.90. The van der Waals surface area contributed by atoms with Gasteiger partial charge in [-0.2, -0.15) is 11.8 Å². The molecule has 2 aromatic carbocycles. The molecule has 0 saturated carbocycles. The van der Waals surface area contributed by atoms with Crippen molar-refractivity contribution in [1.82, 2.24) is 14.5 Å². The van der Waals surface area contributed by atoms with Gasteiger partial charge in [0.2, 0.25) is 5.91 Å². The summed E-state index contributed by atoms with van der Waals surface area (Å²) in [5.74, 6) is 0.510. The molecule has 0 fully saturated rings. The van der Waals surface area contributed by atoms with Crippen LogP contribution in [0.25, 0.3) is 10.9 Å². The summed E-state index contributed by atoms with van der Waals surface area (Å²) < 4.78 is 1.11. The Labute approximate surface area is 172 Å². The maximum Gasteiger partial charge on any atom is 0.329 e. The molecule has 0 bridgehead atoms. The number of aromatic nitrogens is 2. The molecule has 1 aliphatic rings. The lowest BCUT2D eigenvalue weighted by Crippen LogP contribution is -2.47. The van der Waals surface area contributed by atoms with E-state index in [0.29, 0.717) is 36.2 Å². The zero-order chi connectivity index (χ0) is 20.4. The molecule has 0 spiro atoms. The van der Waals surface area contributed by atoms with Gasteiger partial charge in [-0.1, -0.05) is 36.4 Å². The lowest BCUT2D eigenvalue weighted by atomic mass is 9.99. The minimum atomic E-state index is -0.812. The molecule has 0 aliphatic carbocycles. The second kappa shape index (κ2) is 8.29. The molecule has 1 N–H and O–H groups in total. The van der Waals surface area contributed by atoms with Crippen molar-refractivity contribution in [3.63, 3.8) is 0 Å². The Balaban J connectivity index is 1.74. The van der Waals surface area contributed by atoms with Gasteiger partial charge >= 0.3 is 5.69 Å². The highest BCUT2D eigenvalue weighted by atomic mass is 32.2. The first-order valence-electron chi connectivity index (χ1n) is 9.68. The smallest absolute Gasteiger partial charge is 0.329 e. The van der Waals surface area contributed by atoms with E-state index in [-0.39, 0.29) is 5.91 Å². The molecule has 3 aromatic rings. The number of fused-ring (bicyclic) bond motifs is 2.